The lowest BCUT2D eigenvalue weighted by Crippen LogP contribution is -2.58. The number of carbonyl (C=O) groups excluding carboxylic acids is 1. The van der Waals surface area contributed by atoms with Gasteiger partial charge in [-0.15, -0.1) is 5.06 Å². The van der Waals surface area contributed by atoms with Crippen LogP contribution in [0.15, 0.2) is 24.3 Å². The standard InChI is InChI=1S/C16H22ClNO2/c1-15(2)10-5-11-16(3,4)18(15)20-14(19)12-6-8-13(17)9-7-12/h6-9H,5,10-11H2,1-4H3. The molecule has 1 aliphatic heterocycles. The highest BCUT2D eigenvalue weighted by Crippen LogP contribution is 2.38. The molecule has 1 aliphatic rings. The Hall–Kier alpha value is -1.06. The van der Waals surface area contributed by atoms with Crippen molar-refractivity contribution in [2.24, 2.45) is 0 Å². The Bertz CT molecular complexity index is 478. The molecule has 20 heavy (non-hydrogen) atoms. The van der Waals surface area contributed by atoms with Gasteiger partial charge in [-0.1, -0.05) is 11.6 Å². The molecule has 0 bridgehead atoms. The highest BCUT2D eigenvalue weighted by Gasteiger charge is 2.44. The van der Waals surface area contributed by atoms with Crippen LogP contribution in [0.2, 0.25) is 5.02 Å². The number of rotatable bonds is 2. The van der Waals surface area contributed by atoms with Gasteiger partial charge in [-0.25, -0.2) is 4.79 Å². The Labute approximate surface area is 125 Å². The first kappa shape index (κ1) is 15.3. The fourth-order valence-electron chi connectivity index (χ4n) is 2.94. The van der Waals surface area contributed by atoms with Crippen LogP contribution in [0.4, 0.5) is 0 Å². The molecule has 0 N–H and O–H groups in total. The summed E-state index contributed by atoms with van der Waals surface area (Å²) in [5.74, 6) is -0.329. The van der Waals surface area contributed by atoms with E-state index in [4.69, 9.17) is 16.4 Å². The third-order valence-corrected chi connectivity index (χ3v) is 4.18. The minimum Gasteiger partial charge on any atom is -0.363 e. The van der Waals surface area contributed by atoms with Crippen molar-refractivity contribution >= 4 is 17.6 Å². The molecule has 1 fully saturated rings. The lowest BCUT2D eigenvalue weighted by atomic mass is 9.82. The molecule has 0 radical (unpaired) electrons. The molecule has 3 nitrogen and oxygen atoms in total. The third-order valence-electron chi connectivity index (χ3n) is 3.93. The molecule has 0 amide bonds. The van der Waals surface area contributed by atoms with Gasteiger partial charge in [0.05, 0.1) is 16.6 Å². The van der Waals surface area contributed by atoms with E-state index in [1.54, 1.807) is 24.3 Å². The largest absolute Gasteiger partial charge is 0.363 e. The summed E-state index contributed by atoms with van der Waals surface area (Å²) in [6, 6.07) is 6.78. The number of carbonyl (C=O) groups is 1. The first-order valence-corrected chi connectivity index (χ1v) is 7.38. The van der Waals surface area contributed by atoms with Crippen LogP contribution in [-0.4, -0.2) is 22.1 Å². The van der Waals surface area contributed by atoms with Crippen molar-refractivity contribution in [1.82, 2.24) is 5.06 Å². The average molecular weight is 296 g/mol. The molecule has 2 rings (SSSR count). The van der Waals surface area contributed by atoms with E-state index in [0.29, 0.717) is 10.6 Å². The summed E-state index contributed by atoms with van der Waals surface area (Å²) in [6.07, 6.45) is 3.18. The van der Waals surface area contributed by atoms with E-state index in [9.17, 15) is 4.79 Å². The number of hydrogen-bond donors (Lipinski definition) is 0. The second-order valence-corrected chi connectivity index (χ2v) is 7.09. The Morgan fingerprint density at radius 3 is 2.10 bits per heavy atom. The molecular weight excluding hydrogens is 274 g/mol. The number of hydrogen-bond acceptors (Lipinski definition) is 3. The van der Waals surface area contributed by atoms with Crippen LogP contribution in [0.5, 0.6) is 0 Å². The van der Waals surface area contributed by atoms with Gasteiger partial charge in [0.1, 0.15) is 0 Å². The summed E-state index contributed by atoms with van der Waals surface area (Å²) in [5.41, 5.74) is 0.222. The van der Waals surface area contributed by atoms with E-state index in [2.05, 4.69) is 27.7 Å². The molecular formula is C16H22ClNO2. The molecule has 0 aliphatic carbocycles. The molecule has 0 saturated carbocycles. The quantitative estimate of drug-likeness (QED) is 0.807. The zero-order valence-corrected chi connectivity index (χ0v) is 13.3. The van der Waals surface area contributed by atoms with E-state index in [1.807, 2.05) is 5.06 Å². The lowest BCUT2D eigenvalue weighted by Gasteiger charge is -2.50. The first-order valence-electron chi connectivity index (χ1n) is 7.01. The molecule has 0 spiro atoms. The zero-order valence-electron chi connectivity index (χ0n) is 12.6. The monoisotopic (exact) mass is 295 g/mol. The second kappa shape index (κ2) is 5.38. The van der Waals surface area contributed by atoms with Crippen LogP contribution in [0.25, 0.3) is 0 Å². The van der Waals surface area contributed by atoms with Gasteiger partial charge in [0.15, 0.2) is 0 Å². The van der Waals surface area contributed by atoms with Crippen molar-refractivity contribution in [1.29, 1.82) is 0 Å². The summed E-state index contributed by atoms with van der Waals surface area (Å²) in [6.45, 7) is 8.46. The normalized spacial score (nSPS) is 21.4. The highest BCUT2D eigenvalue weighted by molar-refractivity contribution is 6.30. The molecule has 4 heteroatoms. The summed E-state index contributed by atoms with van der Waals surface area (Å²) in [5, 5.41) is 2.47. The smallest absolute Gasteiger partial charge is 0.357 e. The Morgan fingerprint density at radius 2 is 1.60 bits per heavy atom. The lowest BCUT2D eigenvalue weighted by molar-refractivity contribution is -0.240. The van der Waals surface area contributed by atoms with Gasteiger partial charge < -0.3 is 4.84 Å². The van der Waals surface area contributed by atoms with E-state index >= 15 is 0 Å². The molecule has 1 aromatic rings. The number of piperidine rings is 1. The molecule has 110 valence electrons. The van der Waals surface area contributed by atoms with Gasteiger partial charge in [-0.3, -0.25) is 0 Å². The third kappa shape index (κ3) is 3.15. The van der Waals surface area contributed by atoms with Gasteiger partial charge in [0.25, 0.3) is 0 Å². The summed E-state index contributed by atoms with van der Waals surface area (Å²) in [7, 11) is 0. The summed E-state index contributed by atoms with van der Waals surface area (Å²) >= 11 is 5.84. The number of benzene rings is 1. The minimum absolute atomic E-state index is 0.149. The number of halogens is 1. The van der Waals surface area contributed by atoms with Gasteiger partial charge in [-0.2, -0.15) is 0 Å². The Morgan fingerprint density at radius 1 is 1.10 bits per heavy atom. The van der Waals surface area contributed by atoms with E-state index < -0.39 is 0 Å². The first-order chi connectivity index (χ1) is 9.22. The highest BCUT2D eigenvalue weighted by atomic mass is 35.5. The fourth-order valence-corrected chi connectivity index (χ4v) is 3.07. The number of nitrogens with zero attached hydrogens (tertiary/aromatic N) is 1. The van der Waals surface area contributed by atoms with Gasteiger partial charge >= 0.3 is 5.97 Å². The predicted molar refractivity (Wildman–Crippen MR) is 80.7 cm³/mol. The van der Waals surface area contributed by atoms with Gasteiger partial charge in [0.2, 0.25) is 0 Å². The van der Waals surface area contributed by atoms with Gasteiger partial charge in [-0.05, 0) is 71.2 Å². The Balaban J connectivity index is 2.18. The maximum absolute atomic E-state index is 12.3. The molecule has 0 unspecified atom stereocenters. The van der Waals surface area contributed by atoms with E-state index in [0.717, 1.165) is 19.3 Å². The van der Waals surface area contributed by atoms with Crippen LogP contribution in [-0.2, 0) is 4.84 Å². The van der Waals surface area contributed by atoms with Crippen molar-refractivity contribution in [3.8, 4) is 0 Å². The summed E-state index contributed by atoms with van der Waals surface area (Å²) < 4.78 is 0. The molecule has 1 saturated heterocycles. The van der Waals surface area contributed by atoms with E-state index in [1.165, 1.54) is 0 Å². The van der Waals surface area contributed by atoms with Crippen LogP contribution in [0, 0.1) is 0 Å². The molecule has 1 heterocycles. The zero-order chi connectivity index (χ0) is 15.0. The fraction of sp³-hybridized carbons (Fsp3) is 0.562. The van der Waals surface area contributed by atoms with Crippen LogP contribution in [0.1, 0.15) is 57.3 Å². The average Bonchev–Trinajstić information content (AvgIpc) is 2.34. The second-order valence-electron chi connectivity index (χ2n) is 6.66. The van der Waals surface area contributed by atoms with E-state index in [-0.39, 0.29) is 17.0 Å². The maximum Gasteiger partial charge on any atom is 0.357 e. The SMILES string of the molecule is CC1(C)CCCC(C)(C)N1OC(=O)c1ccc(Cl)cc1. The molecule has 0 atom stereocenters. The predicted octanol–water partition coefficient (Wildman–Crippen LogP) is 4.45. The minimum atomic E-state index is -0.329. The Kier molecular flexibility index (Phi) is 4.12. The summed E-state index contributed by atoms with van der Waals surface area (Å²) in [4.78, 5) is 18.0. The molecule has 1 aromatic carbocycles. The van der Waals surface area contributed by atoms with Crippen LogP contribution < -0.4 is 0 Å². The van der Waals surface area contributed by atoms with Crippen molar-refractivity contribution in [2.45, 2.75) is 58.0 Å². The van der Waals surface area contributed by atoms with Crippen molar-refractivity contribution < 1.29 is 9.63 Å². The van der Waals surface area contributed by atoms with Crippen molar-refractivity contribution in [3.63, 3.8) is 0 Å². The topological polar surface area (TPSA) is 29.5 Å². The van der Waals surface area contributed by atoms with Crippen molar-refractivity contribution in [2.75, 3.05) is 0 Å². The van der Waals surface area contributed by atoms with Crippen LogP contribution in [0.3, 0.4) is 0 Å². The number of hydroxylamine groups is 2. The maximum atomic E-state index is 12.3. The van der Waals surface area contributed by atoms with Crippen molar-refractivity contribution in [3.05, 3.63) is 34.9 Å². The molecule has 0 aromatic heterocycles. The van der Waals surface area contributed by atoms with Gasteiger partial charge in [0, 0.05) is 5.02 Å². The van der Waals surface area contributed by atoms with Crippen LogP contribution >= 0.6 is 11.6 Å².